The van der Waals surface area contributed by atoms with E-state index in [0.717, 1.165) is 0 Å². The summed E-state index contributed by atoms with van der Waals surface area (Å²) in [5, 5.41) is 6.13. The lowest BCUT2D eigenvalue weighted by molar-refractivity contribution is -0.120. The quantitative estimate of drug-likeness (QED) is 0.820. The van der Waals surface area contributed by atoms with E-state index in [0.29, 0.717) is 19.1 Å². The summed E-state index contributed by atoms with van der Waals surface area (Å²) in [5.41, 5.74) is 1.31. The molecule has 2 N–H and O–H groups in total. The van der Waals surface area contributed by atoms with E-state index in [1.807, 2.05) is 0 Å². The van der Waals surface area contributed by atoms with Crippen LogP contribution in [0.2, 0.25) is 0 Å². The summed E-state index contributed by atoms with van der Waals surface area (Å²) < 4.78 is 0. The third kappa shape index (κ3) is 3.32. The van der Waals surface area contributed by atoms with Gasteiger partial charge in [0, 0.05) is 15.8 Å². The molecule has 3 nitrogen and oxygen atoms in total. The molecule has 16 heavy (non-hydrogen) atoms. The fourth-order valence-corrected chi connectivity index (χ4v) is 2.50. The third-order valence-corrected chi connectivity index (χ3v) is 3.96. The molecule has 0 aromatic carbocycles. The third-order valence-electron chi connectivity index (χ3n) is 2.81. The van der Waals surface area contributed by atoms with E-state index in [1.54, 1.807) is 11.3 Å². The Bertz CT molecular complexity index is 363. The van der Waals surface area contributed by atoms with Crippen molar-refractivity contribution in [3.8, 4) is 0 Å². The Labute approximate surface area is 100 Å². The van der Waals surface area contributed by atoms with Gasteiger partial charge in [0.15, 0.2) is 0 Å². The molecule has 1 saturated carbocycles. The molecule has 0 spiro atoms. The monoisotopic (exact) mass is 238 g/mol. The van der Waals surface area contributed by atoms with Crippen molar-refractivity contribution in [2.45, 2.75) is 39.3 Å². The minimum atomic E-state index is 0.0932. The SMILES string of the molecule is Cc1cc(CNC(=O)CNC2CC2)sc1C. The van der Waals surface area contributed by atoms with Crippen LogP contribution in [0.15, 0.2) is 6.07 Å². The van der Waals surface area contributed by atoms with Gasteiger partial charge in [0.25, 0.3) is 0 Å². The van der Waals surface area contributed by atoms with Crippen molar-refractivity contribution in [2.75, 3.05) is 6.54 Å². The molecular formula is C12H18N2OS. The Morgan fingerprint density at radius 2 is 2.25 bits per heavy atom. The molecular weight excluding hydrogens is 220 g/mol. The highest BCUT2D eigenvalue weighted by Crippen LogP contribution is 2.20. The zero-order valence-electron chi connectivity index (χ0n) is 9.80. The summed E-state index contributed by atoms with van der Waals surface area (Å²) in [7, 11) is 0. The average molecular weight is 238 g/mol. The van der Waals surface area contributed by atoms with E-state index in [2.05, 4.69) is 30.5 Å². The van der Waals surface area contributed by atoms with Crippen molar-refractivity contribution in [2.24, 2.45) is 0 Å². The molecule has 0 aliphatic heterocycles. The van der Waals surface area contributed by atoms with Crippen LogP contribution in [0, 0.1) is 13.8 Å². The van der Waals surface area contributed by atoms with Crippen molar-refractivity contribution >= 4 is 17.2 Å². The molecule has 1 heterocycles. The fourth-order valence-electron chi connectivity index (χ4n) is 1.51. The van der Waals surface area contributed by atoms with E-state index >= 15 is 0 Å². The lowest BCUT2D eigenvalue weighted by atomic mass is 10.3. The van der Waals surface area contributed by atoms with Gasteiger partial charge < -0.3 is 10.6 Å². The number of amides is 1. The van der Waals surface area contributed by atoms with Gasteiger partial charge in [-0.3, -0.25) is 4.79 Å². The molecule has 0 unspecified atom stereocenters. The van der Waals surface area contributed by atoms with Crippen LogP contribution in [0.4, 0.5) is 0 Å². The van der Waals surface area contributed by atoms with Crippen LogP contribution < -0.4 is 10.6 Å². The van der Waals surface area contributed by atoms with Crippen LogP contribution in [-0.4, -0.2) is 18.5 Å². The smallest absolute Gasteiger partial charge is 0.234 e. The van der Waals surface area contributed by atoms with Gasteiger partial charge in [-0.05, 0) is 38.3 Å². The van der Waals surface area contributed by atoms with E-state index in [9.17, 15) is 4.79 Å². The molecule has 0 bridgehead atoms. The number of nitrogens with one attached hydrogen (secondary N) is 2. The number of hydrogen-bond donors (Lipinski definition) is 2. The molecule has 1 aliphatic rings. The topological polar surface area (TPSA) is 41.1 Å². The highest BCUT2D eigenvalue weighted by molar-refractivity contribution is 7.12. The van der Waals surface area contributed by atoms with E-state index < -0.39 is 0 Å². The number of thiophene rings is 1. The summed E-state index contributed by atoms with van der Waals surface area (Å²) in [6.07, 6.45) is 2.44. The normalized spacial score (nSPS) is 15.1. The maximum absolute atomic E-state index is 11.5. The minimum absolute atomic E-state index is 0.0932. The van der Waals surface area contributed by atoms with Crippen molar-refractivity contribution in [3.05, 3.63) is 21.4 Å². The maximum atomic E-state index is 11.5. The van der Waals surface area contributed by atoms with Crippen LogP contribution in [0.1, 0.15) is 28.2 Å². The lowest BCUT2D eigenvalue weighted by Crippen LogP contribution is -2.34. The summed E-state index contributed by atoms with van der Waals surface area (Å²) in [6.45, 7) is 5.32. The number of aryl methyl sites for hydroxylation is 2. The van der Waals surface area contributed by atoms with Gasteiger partial charge in [-0.1, -0.05) is 0 Å². The van der Waals surface area contributed by atoms with Gasteiger partial charge in [0.2, 0.25) is 5.91 Å². The Kier molecular flexibility index (Phi) is 3.61. The van der Waals surface area contributed by atoms with Gasteiger partial charge in [0.05, 0.1) is 13.1 Å². The summed E-state index contributed by atoms with van der Waals surface area (Å²) in [5.74, 6) is 0.0932. The Balaban J connectivity index is 1.71. The van der Waals surface area contributed by atoms with Crippen LogP contribution in [0.3, 0.4) is 0 Å². The second kappa shape index (κ2) is 4.97. The highest BCUT2D eigenvalue weighted by Gasteiger charge is 2.20. The Morgan fingerprint density at radius 1 is 1.50 bits per heavy atom. The maximum Gasteiger partial charge on any atom is 0.234 e. The van der Waals surface area contributed by atoms with Crippen molar-refractivity contribution in [1.29, 1.82) is 0 Å². The van der Waals surface area contributed by atoms with Gasteiger partial charge in [-0.2, -0.15) is 0 Å². The van der Waals surface area contributed by atoms with Gasteiger partial charge in [-0.25, -0.2) is 0 Å². The fraction of sp³-hybridized carbons (Fsp3) is 0.583. The van der Waals surface area contributed by atoms with Gasteiger partial charge in [0.1, 0.15) is 0 Å². The summed E-state index contributed by atoms with van der Waals surface area (Å²) >= 11 is 1.76. The van der Waals surface area contributed by atoms with Crippen LogP contribution in [-0.2, 0) is 11.3 Å². The first-order valence-electron chi connectivity index (χ1n) is 5.71. The van der Waals surface area contributed by atoms with Crippen molar-refractivity contribution in [1.82, 2.24) is 10.6 Å². The van der Waals surface area contributed by atoms with Crippen molar-refractivity contribution in [3.63, 3.8) is 0 Å². The second-order valence-corrected chi connectivity index (χ2v) is 5.72. The minimum Gasteiger partial charge on any atom is -0.350 e. The predicted molar refractivity (Wildman–Crippen MR) is 66.7 cm³/mol. The Morgan fingerprint density at radius 3 is 2.81 bits per heavy atom. The lowest BCUT2D eigenvalue weighted by Gasteiger charge is -2.04. The van der Waals surface area contributed by atoms with Crippen LogP contribution in [0.25, 0.3) is 0 Å². The molecule has 1 aromatic heterocycles. The molecule has 88 valence electrons. The predicted octanol–water partition coefficient (Wildman–Crippen LogP) is 1.73. The molecule has 0 atom stereocenters. The number of carbonyl (C=O) groups is 1. The van der Waals surface area contributed by atoms with Gasteiger partial charge >= 0.3 is 0 Å². The van der Waals surface area contributed by atoms with E-state index in [-0.39, 0.29) is 5.91 Å². The number of carbonyl (C=O) groups excluding carboxylic acids is 1. The number of rotatable bonds is 5. The largest absolute Gasteiger partial charge is 0.350 e. The first kappa shape index (κ1) is 11.6. The first-order valence-corrected chi connectivity index (χ1v) is 6.53. The molecule has 1 aromatic rings. The summed E-state index contributed by atoms with van der Waals surface area (Å²) in [6, 6.07) is 2.74. The molecule has 0 radical (unpaired) electrons. The van der Waals surface area contributed by atoms with E-state index in [1.165, 1.54) is 28.2 Å². The molecule has 4 heteroatoms. The molecule has 1 fully saturated rings. The summed E-state index contributed by atoms with van der Waals surface area (Å²) in [4.78, 5) is 14.0. The molecule has 0 saturated heterocycles. The molecule has 1 aliphatic carbocycles. The highest BCUT2D eigenvalue weighted by atomic mass is 32.1. The number of hydrogen-bond acceptors (Lipinski definition) is 3. The zero-order valence-corrected chi connectivity index (χ0v) is 10.6. The van der Waals surface area contributed by atoms with Crippen LogP contribution in [0.5, 0.6) is 0 Å². The molecule has 1 amide bonds. The van der Waals surface area contributed by atoms with Crippen molar-refractivity contribution < 1.29 is 4.79 Å². The standard InChI is InChI=1S/C12H18N2OS/c1-8-5-11(16-9(8)2)6-14-12(15)7-13-10-3-4-10/h5,10,13H,3-4,6-7H2,1-2H3,(H,14,15). The van der Waals surface area contributed by atoms with Crippen LogP contribution >= 0.6 is 11.3 Å². The second-order valence-electron chi connectivity index (χ2n) is 4.38. The Hall–Kier alpha value is -0.870. The molecule has 2 rings (SSSR count). The van der Waals surface area contributed by atoms with Gasteiger partial charge in [-0.15, -0.1) is 11.3 Å². The first-order chi connectivity index (χ1) is 7.65. The average Bonchev–Trinajstić information content (AvgIpc) is 3.01. The van der Waals surface area contributed by atoms with E-state index in [4.69, 9.17) is 0 Å². The zero-order chi connectivity index (χ0) is 11.5.